The lowest BCUT2D eigenvalue weighted by Crippen LogP contribution is -2.45. The van der Waals surface area contributed by atoms with E-state index in [4.69, 9.17) is 4.74 Å². The van der Waals surface area contributed by atoms with Crippen LogP contribution in [0.2, 0.25) is 0 Å². The molecule has 166 valence electrons. The summed E-state index contributed by atoms with van der Waals surface area (Å²) in [4.78, 5) is 26.8. The highest BCUT2D eigenvalue weighted by molar-refractivity contribution is 7.18. The zero-order chi connectivity index (χ0) is 22.7. The Morgan fingerprint density at radius 2 is 1.97 bits per heavy atom. The van der Waals surface area contributed by atoms with E-state index in [0.717, 1.165) is 17.7 Å². The molecule has 0 spiro atoms. The van der Waals surface area contributed by atoms with Crippen LogP contribution in [0.15, 0.2) is 42.5 Å². The van der Waals surface area contributed by atoms with E-state index in [1.165, 1.54) is 22.3 Å². The van der Waals surface area contributed by atoms with Gasteiger partial charge in [-0.25, -0.2) is 13.6 Å². The molecule has 32 heavy (non-hydrogen) atoms. The van der Waals surface area contributed by atoms with Crippen LogP contribution in [0.4, 0.5) is 24.4 Å². The van der Waals surface area contributed by atoms with Crippen LogP contribution in [-0.4, -0.2) is 46.7 Å². The molecule has 3 aromatic rings. The van der Waals surface area contributed by atoms with Gasteiger partial charge in [0.15, 0.2) is 11.6 Å². The number of halogens is 2. The molecule has 1 aromatic heterocycles. The number of nitrogens with one attached hydrogen (secondary N) is 2. The van der Waals surface area contributed by atoms with Gasteiger partial charge in [-0.15, -0.1) is 10.2 Å². The van der Waals surface area contributed by atoms with Crippen LogP contribution in [0, 0.1) is 11.6 Å². The lowest BCUT2D eigenvalue weighted by Gasteiger charge is -2.23. The number of rotatable bonds is 5. The van der Waals surface area contributed by atoms with Crippen LogP contribution < -0.4 is 15.4 Å². The van der Waals surface area contributed by atoms with Crippen molar-refractivity contribution in [3.8, 4) is 16.3 Å². The molecule has 8 nitrogen and oxygen atoms in total. The predicted octanol–water partition coefficient (Wildman–Crippen LogP) is 4.13. The van der Waals surface area contributed by atoms with Gasteiger partial charge in [0.2, 0.25) is 11.0 Å². The number of anilines is 2. The fraction of sp³-hybridized carbons (Fsp3) is 0.238. The quantitative estimate of drug-likeness (QED) is 0.598. The number of carbonyl (C=O) groups is 2. The van der Waals surface area contributed by atoms with Crippen molar-refractivity contribution in [1.82, 2.24) is 15.1 Å². The highest BCUT2D eigenvalue weighted by Crippen LogP contribution is 2.29. The summed E-state index contributed by atoms with van der Waals surface area (Å²) in [7, 11) is 1.57. The largest absolute Gasteiger partial charge is 0.497 e. The van der Waals surface area contributed by atoms with Crippen molar-refractivity contribution >= 4 is 34.1 Å². The first kappa shape index (κ1) is 21.6. The molecule has 2 N–H and O–H groups in total. The maximum atomic E-state index is 13.4. The molecule has 1 saturated heterocycles. The summed E-state index contributed by atoms with van der Waals surface area (Å²) in [6.45, 7) is 0.360. The van der Waals surface area contributed by atoms with E-state index in [1.807, 2.05) is 24.3 Å². The Morgan fingerprint density at radius 1 is 1.12 bits per heavy atom. The summed E-state index contributed by atoms with van der Waals surface area (Å²) in [6.07, 6.45) is 1.10. The number of urea groups is 1. The molecule has 0 saturated carbocycles. The van der Waals surface area contributed by atoms with E-state index in [0.29, 0.717) is 35.3 Å². The van der Waals surface area contributed by atoms with Crippen molar-refractivity contribution < 1.29 is 23.1 Å². The summed E-state index contributed by atoms with van der Waals surface area (Å²) in [6, 6.07) is 9.09. The van der Waals surface area contributed by atoms with Crippen LogP contribution in [0.1, 0.15) is 12.8 Å². The molecule has 1 unspecified atom stereocenters. The number of benzene rings is 2. The molecule has 3 amide bonds. The zero-order valence-corrected chi connectivity index (χ0v) is 17.8. The van der Waals surface area contributed by atoms with E-state index in [-0.39, 0.29) is 5.69 Å². The minimum atomic E-state index is -1.07. The number of methoxy groups -OCH3 is 1. The molecule has 4 rings (SSSR count). The van der Waals surface area contributed by atoms with Gasteiger partial charge < -0.3 is 15.0 Å². The molecule has 1 atom stereocenters. The SMILES string of the molecule is COc1cccc(-c2nnc(NC(=O)C3CCCN3C(=O)Nc3ccc(F)c(F)c3)s2)c1. The van der Waals surface area contributed by atoms with Gasteiger partial charge in [-0.1, -0.05) is 23.5 Å². The van der Waals surface area contributed by atoms with Crippen molar-refractivity contribution in [3.63, 3.8) is 0 Å². The summed E-state index contributed by atoms with van der Waals surface area (Å²) in [5, 5.41) is 14.2. The first-order chi connectivity index (χ1) is 15.4. The van der Waals surface area contributed by atoms with Crippen LogP contribution in [0.5, 0.6) is 5.75 Å². The fourth-order valence-corrected chi connectivity index (χ4v) is 4.13. The number of amides is 3. The minimum absolute atomic E-state index is 0.104. The highest BCUT2D eigenvalue weighted by Gasteiger charge is 2.34. The Bertz CT molecular complexity index is 1160. The van der Waals surface area contributed by atoms with Gasteiger partial charge in [0.25, 0.3) is 0 Å². The number of ether oxygens (including phenoxy) is 1. The number of carbonyl (C=O) groups excluding carboxylic acids is 2. The number of hydrogen-bond acceptors (Lipinski definition) is 6. The van der Waals surface area contributed by atoms with Gasteiger partial charge in [0, 0.05) is 23.9 Å². The van der Waals surface area contributed by atoms with E-state index in [1.54, 1.807) is 7.11 Å². The predicted molar refractivity (Wildman–Crippen MR) is 116 cm³/mol. The van der Waals surface area contributed by atoms with Gasteiger partial charge in [-0.2, -0.15) is 0 Å². The van der Waals surface area contributed by atoms with Gasteiger partial charge in [0.1, 0.15) is 16.8 Å². The molecule has 0 radical (unpaired) electrons. The van der Waals surface area contributed by atoms with Gasteiger partial charge in [-0.05, 0) is 37.1 Å². The maximum absolute atomic E-state index is 13.4. The van der Waals surface area contributed by atoms with E-state index in [2.05, 4.69) is 20.8 Å². The summed E-state index contributed by atoms with van der Waals surface area (Å²) in [5.74, 6) is -1.79. The van der Waals surface area contributed by atoms with Gasteiger partial charge in [-0.3, -0.25) is 10.1 Å². The molecule has 1 aliphatic heterocycles. The van der Waals surface area contributed by atoms with Crippen molar-refractivity contribution in [1.29, 1.82) is 0 Å². The second-order valence-corrected chi connectivity index (χ2v) is 8.02. The second kappa shape index (κ2) is 9.27. The lowest BCUT2D eigenvalue weighted by molar-refractivity contribution is -0.119. The summed E-state index contributed by atoms with van der Waals surface area (Å²) >= 11 is 1.20. The van der Waals surface area contributed by atoms with Crippen LogP contribution >= 0.6 is 11.3 Å². The van der Waals surface area contributed by atoms with Crippen LogP contribution in [-0.2, 0) is 4.79 Å². The first-order valence-corrected chi connectivity index (χ1v) is 10.6. The third-order valence-corrected chi connectivity index (χ3v) is 5.85. The number of aromatic nitrogens is 2. The average Bonchev–Trinajstić information content (AvgIpc) is 3.46. The van der Waals surface area contributed by atoms with Crippen molar-refractivity contribution in [2.75, 3.05) is 24.3 Å². The third kappa shape index (κ3) is 4.67. The van der Waals surface area contributed by atoms with Crippen LogP contribution in [0.3, 0.4) is 0 Å². The zero-order valence-electron chi connectivity index (χ0n) is 17.0. The molecule has 1 aliphatic rings. The maximum Gasteiger partial charge on any atom is 0.322 e. The van der Waals surface area contributed by atoms with Crippen molar-refractivity contribution in [2.45, 2.75) is 18.9 Å². The first-order valence-electron chi connectivity index (χ1n) is 9.76. The molecule has 0 aliphatic carbocycles. The molecule has 11 heteroatoms. The lowest BCUT2D eigenvalue weighted by atomic mass is 10.2. The molecule has 1 fully saturated rings. The third-order valence-electron chi connectivity index (χ3n) is 4.96. The van der Waals surface area contributed by atoms with Gasteiger partial charge in [0.05, 0.1) is 7.11 Å². The Balaban J connectivity index is 1.42. The average molecular weight is 459 g/mol. The minimum Gasteiger partial charge on any atom is -0.497 e. The summed E-state index contributed by atoms with van der Waals surface area (Å²) in [5.41, 5.74) is 0.905. The molecule has 2 aromatic carbocycles. The van der Waals surface area contributed by atoms with Crippen molar-refractivity contribution in [3.05, 3.63) is 54.1 Å². The topological polar surface area (TPSA) is 96.5 Å². The number of nitrogens with zero attached hydrogens (tertiary/aromatic N) is 3. The Hall–Kier alpha value is -3.60. The van der Waals surface area contributed by atoms with Crippen LogP contribution in [0.25, 0.3) is 10.6 Å². The monoisotopic (exact) mass is 459 g/mol. The van der Waals surface area contributed by atoms with E-state index < -0.39 is 29.6 Å². The van der Waals surface area contributed by atoms with Gasteiger partial charge >= 0.3 is 6.03 Å². The Kier molecular flexibility index (Phi) is 6.26. The molecular weight excluding hydrogens is 440 g/mol. The molecular formula is C21H19F2N5O3S. The number of hydrogen-bond donors (Lipinski definition) is 2. The fourth-order valence-electron chi connectivity index (χ4n) is 3.39. The summed E-state index contributed by atoms with van der Waals surface area (Å²) < 4.78 is 31.7. The number of likely N-dealkylation sites (tertiary alicyclic amines) is 1. The smallest absolute Gasteiger partial charge is 0.322 e. The van der Waals surface area contributed by atoms with E-state index >= 15 is 0 Å². The normalized spacial score (nSPS) is 15.5. The standard InChI is InChI=1S/C21H19F2N5O3S/c1-31-14-5-2-4-12(10-14)19-26-27-20(32-19)25-18(29)17-6-3-9-28(17)21(30)24-13-7-8-15(22)16(23)11-13/h2,4-5,7-8,10-11,17H,3,6,9H2,1H3,(H,24,30)(H,25,27,29). The van der Waals surface area contributed by atoms with E-state index in [9.17, 15) is 18.4 Å². The second-order valence-electron chi connectivity index (χ2n) is 7.04. The molecule has 2 heterocycles. The van der Waals surface area contributed by atoms with Crippen molar-refractivity contribution in [2.24, 2.45) is 0 Å². The Morgan fingerprint density at radius 3 is 2.75 bits per heavy atom. The molecule has 0 bridgehead atoms. The Labute approximate surface area is 186 Å². The highest BCUT2D eigenvalue weighted by atomic mass is 32.1.